The number of hydrogen-bond donors (Lipinski definition) is 1. The predicted molar refractivity (Wildman–Crippen MR) is 79.8 cm³/mol. The zero-order valence-corrected chi connectivity index (χ0v) is 10.5. The van der Waals surface area contributed by atoms with Crippen molar-refractivity contribution in [2.24, 2.45) is 0 Å². The lowest BCUT2D eigenvalue weighted by molar-refractivity contribution is 0.454. The van der Waals surface area contributed by atoms with Crippen molar-refractivity contribution >= 4 is 40.4 Å². The van der Waals surface area contributed by atoms with Crippen molar-refractivity contribution in [3.05, 3.63) is 54.6 Å². The van der Waals surface area contributed by atoms with E-state index in [-0.39, 0.29) is 0 Å². The summed E-state index contributed by atoms with van der Waals surface area (Å²) in [7, 11) is 0.689. The predicted octanol–water partition coefficient (Wildman–Crippen LogP) is 3.64. The van der Waals surface area contributed by atoms with Gasteiger partial charge in [-0.2, -0.15) is 0 Å². The van der Waals surface area contributed by atoms with Gasteiger partial charge in [0.05, 0.1) is 0 Å². The minimum absolute atomic E-state index is 0.539. The second-order valence-corrected chi connectivity index (χ2v) is 4.62. The van der Waals surface area contributed by atoms with Crippen LogP contribution >= 0.6 is 0 Å². The van der Waals surface area contributed by atoms with E-state index in [1.807, 2.05) is 48.5 Å². The summed E-state index contributed by atoms with van der Waals surface area (Å²) in [5, 5.41) is 13.0. The van der Waals surface area contributed by atoms with Crippen molar-refractivity contribution in [1.29, 1.82) is 0 Å². The first-order valence-corrected chi connectivity index (χ1v) is 6.34. The second-order valence-electron chi connectivity index (χ2n) is 4.62. The molecule has 0 atom stereocenters. The zero-order valence-electron chi connectivity index (χ0n) is 10.5. The molecule has 0 aliphatic carbocycles. The van der Waals surface area contributed by atoms with Crippen molar-refractivity contribution in [1.82, 2.24) is 0 Å². The summed E-state index contributed by atoms with van der Waals surface area (Å²) in [5.74, 6) is 0.539. The molecule has 1 N–H and O–H groups in total. The molecule has 1 aromatic heterocycles. The number of hydrogen-bond acceptors (Lipinski definition) is 3. The molecular formula is C16H10BO3. The van der Waals surface area contributed by atoms with Crippen molar-refractivity contribution in [2.45, 2.75) is 0 Å². The van der Waals surface area contributed by atoms with Crippen LogP contribution < -0.4 is 4.65 Å². The Bertz CT molecular complexity index is 927. The molecule has 4 rings (SSSR count). The maximum atomic E-state index is 9.02. The van der Waals surface area contributed by atoms with Gasteiger partial charge in [0, 0.05) is 16.2 Å². The molecule has 95 valence electrons. The molecule has 4 aromatic rings. The highest BCUT2D eigenvalue weighted by Gasteiger charge is 2.15. The van der Waals surface area contributed by atoms with Crippen molar-refractivity contribution in [2.75, 3.05) is 0 Å². The van der Waals surface area contributed by atoms with E-state index in [4.69, 9.17) is 14.1 Å². The lowest BCUT2D eigenvalue weighted by Crippen LogP contribution is -2.00. The summed E-state index contributed by atoms with van der Waals surface area (Å²) in [6.45, 7) is 0. The molecule has 0 amide bonds. The number of benzene rings is 3. The molecule has 0 bridgehead atoms. The molecule has 0 saturated carbocycles. The second kappa shape index (κ2) is 4.29. The highest BCUT2D eigenvalue weighted by Crippen LogP contribution is 2.39. The molecule has 0 unspecified atom stereocenters. The van der Waals surface area contributed by atoms with E-state index in [0.717, 1.165) is 27.1 Å². The van der Waals surface area contributed by atoms with E-state index >= 15 is 0 Å². The average molecular weight is 261 g/mol. The third kappa shape index (κ3) is 1.52. The minimum Gasteiger partial charge on any atom is -0.534 e. The van der Waals surface area contributed by atoms with Crippen LogP contribution in [-0.4, -0.2) is 12.7 Å². The maximum absolute atomic E-state index is 9.02. The Morgan fingerprint density at radius 3 is 2.50 bits per heavy atom. The Labute approximate surface area is 115 Å². The largest absolute Gasteiger partial charge is 0.569 e. The normalized spacial score (nSPS) is 11.2. The van der Waals surface area contributed by atoms with Crippen LogP contribution in [0.5, 0.6) is 5.75 Å². The lowest BCUT2D eigenvalue weighted by atomic mass is 10.0. The van der Waals surface area contributed by atoms with Gasteiger partial charge in [0.2, 0.25) is 0 Å². The quantitative estimate of drug-likeness (QED) is 0.560. The summed E-state index contributed by atoms with van der Waals surface area (Å²) in [6, 6.07) is 17.8. The van der Waals surface area contributed by atoms with Crippen LogP contribution in [0.4, 0.5) is 0 Å². The van der Waals surface area contributed by atoms with Gasteiger partial charge < -0.3 is 14.1 Å². The van der Waals surface area contributed by atoms with Gasteiger partial charge in [0.1, 0.15) is 5.58 Å². The Morgan fingerprint density at radius 2 is 1.65 bits per heavy atom. The molecule has 4 heteroatoms. The average Bonchev–Trinajstić information content (AvgIpc) is 2.86. The van der Waals surface area contributed by atoms with Gasteiger partial charge in [-0.05, 0) is 17.5 Å². The molecular weight excluding hydrogens is 251 g/mol. The first-order chi connectivity index (χ1) is 9.88. The highest BCUT2D eigenvalue weighted by atomic mass is 16.5. The monoisotopic (exact) mass is 261 g/mol. The SMILES string of the molecule is O[B]Oc1c2ccccc2cc2c1oc1ccccc12. The summed E-state index contributed by atoms with van der Waals surface area (Å²) in [5.41, 5.74) is 1.45. The minimum atomic E-state index is 0.539. The van der Waals surface area contributed by atoms with Crippen LogP contribution in [0.2, 0.25) is 0 Å². The lowest BCUT2D eigenvalue weighted by Gasteiger charge is -2.07. The molecule has 0 fully saturated rings. The molecule has 0 aliphatic rings. The molecule has 1 heterocycles. The fraction of sp³-hybridized carbons (Fsp3) is 0. The van der Waals surface area contributed by atoms with Crippen molar-refractivity contribution in [3.63, 3.8) is 0 Å². The third-order valence-electron chi connectivity index (χ3n) is 3.52. The Hall–Kier alpha value is -2.46. The number of para-hydroxylation sites is 1. The highest BCUT2D eigenvalue weighted by molar-refractivity contribution is 6.21. The van der Waals surface area contributed by atoms with E-state index in [1.54, 1.807) is 0 Å². The van der Waals surface area contributed by atoms with Gasteiger partial charge in [0.25, 0.3) is 0 Å². The fourth-order valence-electron chi connectivity index (χ4n) is 2.65. The standard InChI is InChI=1S/C16H10BO3/c18-17-20-16-11-6-2-1-5-10(11)9-13-12-7-3-4-8-14(12)19-15(13)16/h1-9,18H. The molecule has 20 heavy (non-hydrogen) atoms. The van der Waals surface area contributed by atoms with Crippen molar-refractivity contribution < 1.29 is 14.1 Å². The first-order valence-electron chi connectivity index (χ1n) is 6.34. The van der Waals surface area contributed by atoms with Gasteiger partial charge in [-0.3, -0.25) is 0 Å². The summed E-state index contributed by atoms with van der Waals surface area (Å²) >= 11 is 0. The topological polar surface area (TPSA) is 42.6 Å². The molecule has 0 saturated heterocycles. The summed E-state index contributed by atoms with van der Waals surface area (Å²) in [4.78, 5) is 0. The van der Waals surface area contributed by atoms with E-state index in [0.29, 0.717) is 19.0 Å². The Balaban J connectivity index is 2.24. The van der Waals surface area contributed by atoms with E-state index < -0.39 is 0 Å². The zero-order chi connectivity index (χ0) is 13.5. The number of furan rings is 1. The number of fused-ring (bicyclic) bond motifs is 4. The number of rotatable bonds is 2. The van der Waals surface area contributed by atoms with E-state index in [9.17, 15) is 0 Å². The van der Waals surface area contributed by atoms with E-state index in [2.05, 4.69) is 6.07 Å². The van der Waals surface area contributed by atoms with Gasteiger partial charge >= 0.3 is 7.69 Å². The van der Waals surface area contributed by atoms with Crippen LogP contribution in [0.25, 0.3) is 32.7 Å². The van der Waals surface area contributed by atoms with Gasteiger partial charge in [-0.25, -0.2) is 0 Å². The molecule has 3 nitrogen and oxygen atoms in total. The fourth-order valence-corrected chi connectivity index (χ4v) is 2.65. The molecule has 1 radical (unpaired) electrons. The van der Waals surface area contributed by atoms with Gasteiger partial charge in [-0.15, -0.1) is 0 Å². The first kappa shape index (κ1) is 11.4. The third-order valence-corrected chi connectivity index (χ3v) is 3.52. The van der Waals surface area contributed by atoms with Crippen molar-refractivity contribution in [3.8, 4) is 5.75 Å². The van der Waals surface area contributed by atoms with E-state index in [1.165, 1.54) is 0 Å². The van der Waals surface area contributed by atoms with Crippen LogP contribution in [0.15, 0.2) is 59.0 Å². The van der Waals surface area contributed by atoms with Crippen LogP contribution in [-0.2, 0) is 0 Å². The summed E-state index contributed by atoms with van der Waals surface area (Å²) < 4.78 is 11.2. The van der Waals surface area contributed by atoms with Gasteiger partial charge in [-0.1, -0.05) is 42.5 Å². The Morgan fingerprint density at radius 1 is 0.900 bits per heavy atom. The maximum Gasteiger partial charge on any atom is 0.569 e. The molecule has 0 aliphatic heterocycles. The Kier molecular flexibility index (Phi) is 2.44. The van der Waals surface area contributed by atoms with Crippen LogP contribution in [0.1, 0.15) is 0 Å². The van der Waals surface area contributed by atoms with Crippen LogP contribution in [0.3, 0.4) is 0 Å². The molecule has 0 spiro atoms. The van der Waals surface area contributed by atoms with Gasteiger partial charge in [0.15, 0.2) is 11.3 Å². The summed E-state index contributed by atoms with van der Waals surface area (Å²) in [6.07, 6.45) is 0. The van der Waals surface area contributed by atoms with Crippen LogP contribution in [0, 0.1) is 0 Å². The molecule has 3 aromatic carbocycles. The smallest absolute Gasteiger partial charge is 0.534 e.